The third-order valence-electron chi connectivity index (χ3n) is 4.64. The molecule has 0 amide bonds. The third kappa shape index (κ3) is 5.12. The van der Waals surface area contributed by atoms with Crippen LogP contribution in [0.25, 0.3) is 0 Å². The van der Waals surface area contributed by atoms with E-state index in [9.17, 15) is 45.3 Å². The van der Waals surface area contributed by atoms with E-state index >= 15 is 0 Å². The van der Waals surface area contributed by atoms with E-state index in [2.05, 4.69) is 0 Å². The van der Waals surface area contributed by atoms with Crippen molar-refractivity contribution >= 4 is 11.9 Å². The molecule has 0 spiro atoms. The van der Waals surface area contributed by atoms with Gasteiger partial charge in [-0.15, -0.1) is 0 Å². The van der Waals surface area contributed by atoms with Crippen LogP contribution in [0.4, 0.5) is 0 Å². The molecular formula is C16H24O14. The van der Waals surface area contributed by atoms with Crippen molar-refractivity contribution < 1.29 is 69.4 Å². The van der Waals surface area contributed by atoms with Crippen LogP contribution in [-0.2, 0) is 28.5 Å². The van der Waals surface area contributed by atoms with Gasteiger partial charge in [0.05, 0.1) is 6.61 Å². The fourth-order valence-corrected chi connectivity index (χ4v) is 2.97. The number of aliphatic hydroxyl groups excluding tert-OH is 7. The molecule has 0 unspecified atom stereocenters. The Labute approximate surface area is 169 Å². The lowest BCUT2D eigenvalue weighted by molar-refractivity contribution is -0.383. The van der Waals surface area contributed by atoms with Crippen molar-refractivity contribution in [1.29, 1.82) is 0 Å². The van der Waals surface area contributed by atoms with Crippen LogP contribution in [-0.4, -0.2) is 127 Å². The number of carbonyl (C=O) groups excluding carboxylic acids is 1. The third-order valence-corrected chi connectivity index (χ3v) is 4.64. The lowest BCUT2D eigenvalue weighted by atomic mass is 9.99. The summed E-state index contributed by atoms with van der Waals surface area (Å²) in [4.78, 5) is 21.8. The number of aliphatic carboxylic acids is 1. The number of hydrogen-bond acceptors (Lipinski definition) is 13. The van der Waals surface area contributed by atoms with Gasteiger partial charge >= 0.3 is 11.9 Å². The molecule has 2 heterocycles. The second-order valence-electron chi connectivity index (χ2n) is 6.68. The van der Waals surface area contributed by atoms with Crippen LogP contribution in [0, 0.1) is 0 Å². The Hall–Kier alpha value is -1.72. The van der Waals surface area contributed by atoms with Crippen LogP contribution in [0.5, 0.6) is 0 Å². The highest BCUT2D eigenvalue weighted by Gasteiger charge is 2.58. The maximum atomic E-state index is 11.5. The molecule has 2 saturated heterocycles. The summed E-state index contributed by atoms with van der Waals surface area (Å²) in [6.07, 6.45) is -12.6. The van der Waals surface area contributed by atoms with E-state index in [1.165, 1.54) is 0 Å². The summed E-state index contributed by atoms with van der Waals surface area (Å²) in [6.45, 7) is -2.47. The van der Waals surface area contributed by atoms with Crippen molar-refractivity contribution in [2.75, 3.05) is 19.8 Å². The zero-order chi connectivity index (χ0) is 22.6. The number of hydrogen-bond donors (Lipinski definition) is 8. The number of carbonyl (C=O) groups is 2. The minimum Gasteiger partial charge on any atom is -0.478 e. The highest BCUT2D eigenvalue weighted by molar-refractivity contribution is 5.90. The van der Waals surface area contributed by atoms with E-state index < -0.39 is 86.6 Å². The Morgan fingerprint density at radius 1 is 0.933 bits per heavy atom. The molecule has 8 N–H and O–H groups in total. The van der Waals surface area contributed by atoms with Gasteiger partial charge in [-0.25, -0.2) is 9.59 Å². The smallest absolute Gasteiger partial charge is 0.331 e. The fourth-order valence-electron chi connectivity index (χ4n) is 2.97. The van der Waals surface area contributed by atoms with E-state index in [-0.39, 0.29) is 0 Å². The summed E-state index contributed by atoms with van der Waals surface area (Å²) in [5, 5.41) is 77.4. The summed E-state index contributed by atoms with van der Waals surface area (Å²) in [6, 6.07) is 0. The van der Waals surface area contributed by atoms with Gasteiger partial charge in [0, 0.05) is 12.2 Å². The zero-order valence-electron chi connectivity index (χ0n) is 15.4. The largest absolute Gasteiger partial charge is 0.478 e. The molecule has 2 aliphatic rings. The minimum absolute atomic E-state index is 0.512. The van der Waals surface area contributed by atoms with Crippen molar-refractivity contribution in [2.24, 2.45) is 0 Å². The van der Waals surface area contributed by atoms with Gasteiger partial charge in [0.2, 0.25) is 5.79 Å². The first-order valence-electron chi connectivity index (χ1n) is 8.77. The molecule has 0 aromatic heterocycles. The summed E-state index contributed by atoms with van der Waals surface area (Å²) in [5.74, 6) is -4.84. The number of carboxylic acid groups (broad SMARTS) is 1. The molecule has 30 heavy (non-hydrogen) atoms. The predicted molar refractivity (Wildman–Crippen MR) is 89.3 cm³/mol. The minimum atomic E-state index is -2.34. The van der Waals surface area contributed by atoms with Gasteiger partial charge in [-0.2, -0.15) is 0 Å². The van der Waals surface area contributed by atoms with Crippen LogP contribution in [0.2, 0.25) is 0 Å². The fraction of sp³-hybridized carbons (Fsp3) is 0.750. The zero-order valence-corrected chi connectivity index (χ0v) is 15.4. The average molecular weight is 440 g/mol. The van der Waals surface area contributed by atoms with E-state index in [1.807, 2.05) is 0 Å². The standard InChI is InChI=1S/C16H24O14/c17-3-6-11(23)14(26)16(5-18,29-6)30-15-13(25)12(24)10(22)7(28-15)4-27-9(21)2-1-8(19)20/h1-2,6-7,10-15,17-18,22-26H,3-5H2,(H,19,20)/b2-1-/t6-,7-,10-,11-,12+,13-,14+,15-,16+/m1/s1. The number of carboxylic acids is 1. The molecule has 14 nitrogen and oxygen atoms in total. The van der Waals surface area contributed by atoms with Crippen molar-refractivity contribution in [1.82, 2.24) is 0 Å². The molecule has 0 aromatic carbocycles. The molecule has 2 aliphatic heterocycles. The van der Waals surface area contributed by atoms with Gasteiger partial charge in [0.25, 0.3) is 0 Å². The van der Waals surface area contributed by atoms with Crippen LogP contribution >= 0.6 is 0 Å². The summed E-state index contributed by atoms with van der Waals surface area (Å²) >= 11 is 0. The average Bonchev–Trinajstić information content (AvgIpc) is 2.96. The van der Waals surface area contributed by atoms with Crippen molar-refractivity contribution in [3.05, 3.63) is 12.2 Å². The monoisotopic (exact) mass is 440 g/mol. The number of ether oxygens (including phenoxy) is 4. The van der Waals surface area contributed by atoms with Gasteiger partial charge < -0.3 is 59.8 Å². The van der Waals surface area contributed by atoms with E-state index in [4.69, 9.17) is 24.1 Å². The molecule has 2 rings (SSSR count). The first-order chi connectivity index (χ1) is 14.1. The van der Waals surface area contributed by atoms with Crippen LogP contribution < -0.4 is 0 Å². The molecule has 0 aromatic rings. The number of rotatable bonds is 8. The van der Waals surface area contributed by atoms with Crippen LogP contribution in [0.3, 0.4) is 0 Å². The summed E-state index contributed by atoms with van der Waals surface area (Å²) in [5.41, 5.74) is 0. The molecule has 14 heteroatoms. The normalized spacial score (nSPS) is 41.8. The SMILES string of the molecule is O=C(O)/C=C\C(=O)OC[C@H]1O[C@H](O[C@]2(CO)O[C@H](CO)[C@@H](O)[C@@H]2O)[C@H](O)[C@@H](O)[C@@H]1O. The van der Waals surface area contributed by atoms with Gasteiger partial charge in [-0.3, -0.25) is 0 Å². The molecule has 0 bridgehead atoms. The van der Waals surface area contributed by atoms with E-state index in [1.54, 1.807) is 0 Å². The molecular weight excluding hydrogens is 416 g/mol. The second kappa shape index (κ2) is 10.1. The van der Waals surface area contributed by atoms with Gasteiger partial charge in [0.1, 0.15) is 55.9 Å². The van der Waals surface area contributed by atoms with Gasteiger partial charge in [0.15, 0.2) is 6.29 Å². The first-order valence-corrected chi connectivity index (χ1v) is 8.77. The Bertz CT molecular complexity index is 639. The molecule has 2 fully saturated rings. The lowest BCUT2D eigenvalue weighted by Gasteiger charge is -2.43. The maximum Gasteiger partial charge on any atom is 0.331 e. The lowest BCUT2D eigenvalue weighted by Crippen LogP contribution is -2.62. The van der Waals surface area contributed by atoms with Crippen molar-refractivity contribution in [2.45, 2.75) is 54.8 Å². The Morgan fingerprint density at radius 3 is 2.13 bits per heavy atom. The van der Waals surface area contributed by atoms with Crippen LogP contribution in [0.15, 0.2) is 12.2 Å². The van der Waals surface area contributed by atoms with E-state index in [0.29, 0.717) is 12.2 Å². The Morgan fingerprint density at radius 2 is 1.60 bits per heavy atom. The highest BCUT2D eigenvalue weighted by Crippen LogP contribution is 2.35. The summed E-state index contributed by atoms with van der Waals surface area (Å²) in [7, 11) is 0. The Kier molecular flexibility index (Phi) is 8.23. The van der Waals surface area contributed by atoms with Crippen molar-refractivity contribution in [3.63, 3.8) is 0 Å². The van der Waals surface area contributed by atoms with E-state index in [0.717, 1.165) is 0 Å². The molecule has 0 aliphatic carbocycles. The topological polar surface area (TPSA) is 233 Å². The van der Waals surface area contributed by atoms with Gasteiger partial charge in [-0.05, 0) is 0 Å². The Balaban J connectivity index is 2.10. The number of esters is 1. The van der Waals surface area contributed by atoms with Crippen LogP contribution in [0.1, 0.15) is 0 Å². The van der Waals surface area contributed by atoms with Gasteiger partial charge in [-0.1, -0.05) is 0 Å². The molecule has 9 atom stereocenters. The molecule has 0 radical (unpaired) electrons. The maximum absolute atomic E-state index is 11.5. The molecule has 172 valence electrons. The quantitative estimate of drug-likeness (QED) is 0.130. The number of aliphatic hydroxyl groups is 7. The predicted octanol–water partition coefficient (Wildman–Crippen LogP) is -5.20. The first kappa shape index (κ1) is 24.5. The summed E-state index contributed by atoms with van der Waals surface area (Å²) < 4.78 is 20.4. The van der Waals surface area contributed by atoms with Crippen molar-refractivity contribution in [3.8, 4) is 0 Å². The highest BCUT2D eigenvalue weighted by atomic mass is 16.8. The second-order valence-corrected chi connectivity index (χ2v) is 6.68. The molecule has 0 saturated carbocycles.